The molecule has 1 atom stereocenters. The Morgan fingerprint density at radius 2 is 1.70 bits per heavy atom. The fourth-order valence-electron chi connectivity index (χ4n) is 3.34. The molecule has 0 spiro atoms. The van der Waals surface area contributed by atoms with Crippen LogP contribution in [0.3, 0.4) is 0 Å². The fourth-order valence-corrected chi connectivity index (χ4v) is 3.34. The van der Waals surface area contributed by atoms with Crippen molar-refractivity contribution in [2.24, 2.45) is 4.99 Å². The number of nitrogens with zero attached hydrogens (tertiary/aromatic N) is 3. The van der Waals surface area contributed by atoms with Crippen molar-refractivity contribution in [2.45, 2.75) is 45.8 Å². The highest BCUT2D eigenvalue weighted by molar-refractivity contribution is 5.79. The van der Waals surface area contributed by atoms with E-state index >= 15 is 0 Å². The largest absolute Gasteiger partial charge is 0.496 e. The summed E-state index contributed by atoms with van der Waals surface area (Å²) < 4.78 is 5.54. The first-order chi connectivity index (χ1) is 12.8. The molecule has 6 nitrogen and oxygen atoms in total. The zero-order chi connectivity index (χ0) is 20.4. The predicted molar refractivity (Wildman–Crippen MR) is 116 cm³/mol. The molecule has 1 aromatic carbocycles. The average Bonchev–Trinajstić information content (AvgIpc) is 2.62. The maximum absolute atomic E-state index is 5.54. The number of hydrogen-bond donors (Lipinski definition) is 2. The van der Waals surface area contributed by atoms with E-state index in [1.807, 2.05) is 25.2 Å². The molecule has 0 amide bonds. The zero-order valence-corrected chi connectivity index (χ0v) is 18.4. The normalized spacial score (nSPS) is 13.6. The van der Waals surface area contributed by atoms with Gasteiger partial charge in [0, 0.05) is 44.3 Å². The Hall–Kier alpha value is -1.79. The number of likely N-dealkylation sites (N-methyl/N-ethyl adjacent to an activating group) is 1. The molecule has 2 N–H and O–H groups in total. The maximum Gasteiger partial charge on any atom is 0.191 e. The van der Waals surface area contributed by atoms with Gasteiger partial charge < -0.3 is 20.3 Å². The Kier molecular flexibility index (Phi) is 10.2. The lowest BCUT2D eigenvalue weighted by Gasteiger charge is -2.31. The molecule has 0 heterocycles. The summed E-state index contributed by atoms with van der Waals surface area (Å²) in [5.41, 5.74) is 1.17. The molecular formula is C21H39N5O. The van der Waals surface area contributed by atoms with E-state index in [2.05, 4.69) is 73.3 Å². The summed E-state index contributed by atoms with van der Waals surface area (Å²) in [5, 5.41) is 6.89. The van der Waals surface area contributed by atoms with E-state index < -0.39 is 0 Å². The molecule has 1 unspecified atom stereocenters. The quantitative estimate of drug-likeness (QED) is 0.485. The number of methoxy groups -OCH3 is 1. The second-order valence-corrected chi connectivity index (χ2v) is 7.53. The molecule has 0 saturated heterocycles. The van der Waals surface area contributed by atoms with Crippen LogP contribution in [0.1, 0.15) is 39.3 Å². The second-order valence-electron chi connectivity index (χ2n) is 7.53. The van der Waals surface area contributed by atoms with Gasteiger partial charge in [-0.05, 0) is 47.9 Å². The van der Waals surface area contributed by atoms with Gasteiger partial charge in [-0.25, -0.2) is 0 Å². The molecule has 0 aliphatic rings. The lowest BCUT2D eigenvalue weighted by atomic mass is 10.0. The van der Waals surface area contributed by atoms with Crippen molar-refractivity contribution in [3.63, 3.8) is 0 Å². The number of hydrogen-bond acceptors (Lipinski definition) is 4. The van der Waals surface area contributed by atoms with Crippen LogP contribution < -0.4 is 15.4 Å². The standard InChI is InChI=1S/C21H39N5O/c1-16(2)26(17(3)4)14-13-23-21(22-5)24-15-19(25(6)7)18-11-9-10-12-20(18)27-8/h9-12,16-17,19H,13-15H2,1-8H3,(H2,22,23,24). The number of ether oxygens (including phenoxy) is 1. The van der Waals surface area contributed by atoms with Gasteiger partial charge in [0.2, 0.25) is 0 Å². The van der Waals surface area contributed by atoms with E-state index in [1.165, 1.54) is 5.56 Å². The Labute approximate surface area is 166 Å². The van der Waals surface area contributed by atoms with E-state index in [-0.39, 0.29) is 6.04 Å². The third kappa shape index (κ3) is 7.39. The van der Waals surface area contributed by atoms with Crippen LogP contribution in [-0.2, 0) is 0 Å². The van der Waals surface area contributed by atoms with Crippen molar-refractivity contribution in [2.75, 3.05) is 47.9 Å². The zero-order valence-electron chi connectivity index (χ0n) is 18.4. The summed E-state index contributed by atoms with van der Waals surface area (Å²) in [6, 6.07) is 9.42. The van der Waals surface area contributed by atoms with E-state index in [4.69, 9.17) is 4.74 Å². The van der Waals surface area contributed by atoms with Crippen molar-refractivity contribution < 1.29 is 4.74 Å². The van der Waals surface area contributed by atoms with Gasteiger partial charge in [0.25, 0.3) is 0 Å². The van der Waals surface area contributed by atoms with E-state index in [9.17, 15) is 0 Å². The van der Waals surface area contributed by atoms with E-state index in [0.29, 0.717) is 12.1 Å². The molecule has 0 aliphatic heterocycles. The monoisotopic (exact) mass is 377 g/mol. The molecular weight excluding hydrogens is 338 g/mol. The van der Waals surface area contributed by atoms with Gasteiger partial charge in [-0.2, -0.15) is 0 Å². The third-order valence-electron chi connectivity index (χ3n) is 4.80. The van der Waals surface area contributed by atoms with Crippen molar-refractivity contribution in [3.8, 4) is 5.75 Å². The molecule has 0 fully saturated rings. The van der Waals surface area contributed by atoms with Gasteiger partial charge in [0.05, 0.1) is 13.2 Å². The number of benzene rings is 1. The van der Waals surface area contributed by atoms with Crippen molar-refractivity contribution in [1.29, 1.82) is 0 Å². The number of nitrogens with one attached hydrogen (secondary N) is 2. The third-order valence-corrected chi connectivity index (χ3v) is 4.80. The summed E-state index contributed by atoms with van der Waals surface area (Å²) in [7, 11) is 7.69. The Morgan fingerprint density at radius 3 is 2.22 bits per heavy atom. The summed E-state index contributed by atoms with van der Waals surface area (Å²) in [5.74, 6) is 1.73. The predicted octanol–water partition coefficient (Wildman–Crippen LogP) is 2.58. The average molecular weight is 378 g/mol. The molecule has 0 radical (unpaired) electrons. The highest BCUT2D eigenvalue weighted by Crippen LogP contribution is 2.27. The highest BCUT2D eigenvalue weighted by Gasteiger charge is 2.18. The number of para-hydroxylation sites is 1. The van der Waals surface area contributed by atoms with Crippen molar-refractivity contribution in [3.05, 3.63) is 29.8 Å². The van der Waals surface area contributed by atoms with Gasteiger partial charge in [0.15, 0.2) is 5.96 Å². The Morgan fingerprint density at radius 1 is 1.07 bits per heavy atom. The van der Waals surface area contributed by atoms with Crippen LogP contribution in [0, 0.1) is 0 Å². The summed E-state index contributed by atoms with van der Waals surface area (Å²) in [4.78, 5) is 9.03. The molecule has 27 heavy (non-hydrogen) atoms. The molecule has 0 aliphatic carbocycles. The first kappa shape index (κ1) is 23.2. The van der Waals surface area contributed by atoms with Gasteiger partial charge in [-0.3, -0.25) is 9.89 Å². The molecule has 154 valence electrons. The second kappa shape index (κ2) is 11.8. The minimum absolute atomic E-state index is 0.183. The highest BCUT2D eigenvalue weighted by atomic mass is 16.5. The van der Waals surface area contributed by atoms with Crippen LogP contribution in [0.5, 0.6) is 5.75 Å². The minimum atomic E-state index is 0.183. The first-order valence-corrected chi connectivity index (χ1v) is 9.81. The smallest absolute Gasteiger partial charge is 0.191 e. The van der Waals surface area contributed by atoms with Gasteiger partial charge in [-0.15, -0.1) is 0 Å². The molecule has 6 heteroatoms. The van der Waals surface area contributed by atoms with Gasteiger partial charge in [0.1, 0.15) is 5.75 Å². The number of aliphatic imine (C=N–C) groups is 1. The number of guanidine groups is 1. The fraction of sp³-hybridized carbons (Fsp3) is 0.667. The van der Waals surface area contributed by atoms with Gasteiger partial charge >= 0.3 is 0 Å². The molecule has 0 saturated carbocycles. The Balaban J connectivity index is 2.66. The summed E-state index contributed by atoms with van der Waals surface area (Å²) in [6.07, 6.45) is 0. The lowest BCUT2D eigenvalue weighted by Crippen LogP contribution is -2.46. The van der Waals surface area contributed by atoms with Crippen LogP contribution in [-0.4, -0.2) is 75.7 Å². The van der Waals surface area contributed by atoms with Crippen LogP contribution in [0.15, 0.2) is 29.3 Å². The minimum Gasteiger partial charge on any atom is -0.496 e. The number of rotatable bonds is 10. The molecule has 1 aromatic rings. The Bertz CT molecular complexity index is 563. The SMILES string of the molecule is CN=C(NCCN(C(C)C)C(C)C)NCC(c1ccccc1OC)N(C)C. The van der Waals surface area contributed by atoms with E-state index in [1.54, 1.807) is 7.11 Å². The topological polar surface area (TPSA) is 52.1 Å². The van der Waals surface area contributed by atoms with Gasteiger partial charge in [-0.1, -0.05) is 18.2 Å². The maximum atomic E-state index is 5.54. The molecule has 1 rings (SSSR count). The van der Waals surface area contributed by atoms with Crippen LogP contribution >= 0.6 is 0 Å². The van der Waals surface area contributed by atoms with Crippen molar-refractivity contribution in [1.82, 2.24) is 20.4 Å². The molecule has 0 bridgehead atoms. The first-order valence-electron chi connectivity index (χ1n) is 9.81. The lowest BCUT2D eigenvalue weighted by molar-refractivity contribution is 0.178. The van der Waals surface area contributed by atoms with Crippen LogP contribution in [0.2, 0.25) is 0 Å². The van der Waals surface area contributed by atoms with Crippen molar-refractivity contribution >= 4 is 5.96 Å². The van der Waals surface area contributed by atoms with Crippen LogP contribution in [0.25, 0.3) is 0 Å². The van der Waals surface area contributed by atoms with Crippen LogP contribution in [0.4, 0.5) is 0 Å². The van der Waals surface area contributed by atoms with E-state index in [0.717, 1.165) is 31.3 Å². The summed E-state index contributed by atoms with van der Waals surface area (Å²) in [6.45, 7) is 11.5. The molecule has 0 aromatic heterocycles. The summed E-state index contributed by atoms with van der Waals surface area (Å²) >= 11 is 0.